The van der Waals surface area contributed by atoms with Crippen LogP contribution in [-0.4, -0.2) is 38.8 Å². The van der Waals surface area contributed by atoms with Crippen molar-refractivity contribution >= 4 is 11.8 Å². The Labute approximate surface area is 174 Å². The predicted molar refractivity (Wildman–Crippen MR) is 109 cm³/mol. The fourth-order valence-electron chi connectivity index (χ4n) is 3.44. The summed E-state index contributed by atoms with van der Waals surface area (Å²) in [4.78, 5) is 29.6. The molecule has 3 aromatic rings. The molecule has 4 rings (SSSR count). The number of nitrogens with zero attached hydrogens (tertiary/aromatic N) is 3. The first-order valence-electron chi connectivity index (χ1n) is 9.98. The molecule has 2 heterocycles. The van der Waals surface area contributed by atoms with Gasteiger partial charge in [-0.15, -0.1) is 0 Å². The van der Waals surface area contributed by atoms with Crippen LogP contribution in [0.2, 0.25) is 0 Å². The molecule has 0 saturated heterocycles. The molecule has 0 bridgehead atoms. The number of rotatable bonds is 8. The van der Waals surface area contributed by atoms with Gasteiger partial charge >= 0.3 is 0 Å². The number of aromatic nitrogens is 1. The molecule has 2 aromatic heterocycles. The van der Waals surface area contributed by atoms with Crippen molar-refractivity contribution < 1.29 is 18.4 Å². The molecule has 1 aliphatic rings. The van der Waals surface area contributed by atoms with E-state index in [2.05, 4.69) is 0 Å². The fourth-order valence-corrected chi connectivity index (χ4v) is 3.44. The Morgan fingerprint density at radius 2 is 1.87 bits per heavy atom. The molecule has 2 amide bonds. The molecule has 0 aliphatic heterocycles. The van der Waals surface area contributed by atoms with Crippen molar-refractivity contribution in [2.45, 2.75) is 32.0 Å². The van der Waals surface area contributed by atoms with Gasteiger partial charge in [0.25, 0.3) is 5.91 Å². The summed E-state index contributed by atoms with van der Waals surface area (Å²) >= 11 is 0. The van der Waals surface area contributed by atoms with E-state index in [-0.39, 0.29) is 24.4 Å². The first-order valence-corrected chi connectivity index (χ1v) is 9.98. The van der Waals surface area contributed by atoms with Gasteiger partial charge < -0.3 is 18.8 Å². The zero-order chi connectivity index (χ0) is 21.1. The lowest BCUT2D eigenvalue weighted by Gasteiger charge is -2.27. The van der Waals surface area contributed by atoms with Crippen molar-refractivity contribution in [3.63, 3.8) is 0 Å². The first kappa shape index (κ1) is 19.9. The Morgan fingerprint density at radius 3 is 2.47 bits per heavy atom. The number of hydrogen-bond donors (Lipinski definition) is 0. The average molecular weight is 409 g/mol. The maximum Gasteiger partial charge on any atom is 0.254 e. The maximum atomic E-state index is 13.3. The lowest BCUT2D eigenvalue weighted by atomic mass is 10.2. The van der Waals surface area contributed by atoms with E-state index in [1.165, 1.54) is 24.3 Å². The van der Waals surface area contributed by atoms with E-state index >= 15 is 0 Å². The second-order valence-corrected chi connectivity index (χ2v) is 7.61. The van der Waals surface area contributed by atoms with Gasteiger partial charge in [-0.05, 0) is 61.4 Å². The monoisotopic (exact) mass is 409 g/mol. The van der Waals surface area contributed by atoms with Crippen LogP contribution in [0.4, 0.5) is 4.39 Å². The van der Waals surface area contributed by atoms with Crippen LogP contribution in [0.5, 0.6) is 0 Å². The van der Waals surface area contributed by atoms with Crippen molar-refractivity contribution in [3.05, 3.63) is 83.8 Å². The summed E-state index contributed by atoms with van der Waals surface area (Å²) in [5.41, 5.74) is 1.37. The van der Waals surface area contributed by atoms with E-state index in [1.54, 1.807) is 22.1 Å². The Morgan fingerprint density at radius 1 is 1.10 bits per heavy atom. The molecule has 0 radical (unpaired) electrons. The van der Waals surface area contributed by atoms with Gasteiger partial charge in [-0.25, -0.2) is 4.39 Å². The topological polar surface area (TPSA) is 58.7 Å². The van der Waals surface area contributed by atoms with Gasteiger partial charge in [0.1, 0.15) is 18.1 Å². The van der Waals surface area contributed by atoms with Crippen LogP contribution in [0.25, 0.3) is 0 Å². The van der Waals surface area contributed by atoms with Crippen molar-refractivity contribution in [2.75, 3.05) is 6.54 Å². The normalized spacial score (nSPS) is 13.3. The Balaban J connectivity index is 1.52. The third kappa shape index (κ3) is 4.62. The Bertz CT molecular complexity index is 1010. The van der Waals surface area contributed by atoms with Crippen LogP contribution in [0.15, 0.2) is 65.4 Å². The first-order chi connectivity index (χ1) is 14.5. The number of furan rings is 1. The van der Waals surface area contributed by atoms with Gasteiger partial charge in [0, 0.05) is 30.5 Å². The standard InChI is InChI=1S/C23H24FN3O3/c1-25-12-2-4-20(25)14-26(15-21-5-3-13-30-21)22(28)16-27(19-10-11-19)23(29)17-6-8-18(24)9-7-17/h2-9,12-13,19H,10-11,14-16H2,1H3. The number of carbonyl (C=O) groups excluding carboxylic acids is 2. The van der Waals surface area contributed by atoms with Gasteiger partial charge in [0.2, 0.25) is 5.91 Å². The number of carbonyl (C=O) groups is 2. The minimum Gasteiger partial charge on any atom is -0.467 e. The van der Waals surface area contributed by atoms with E-state index in [9.17, 15) is 14.0 Å². The molecule has 1 aliphatic carbocycles. The molecule has 0 unspecified atom stereocenters. The van der Waals surface area contributed by atoms with Crippen LogP contribution in [0.3, 0.4) is 0 Å². The SMILES string of the molecule is Cn1cccc1CN(Cc1ccco1)C(=O)CN(C(=O)c1ccc(F)cc1)C1CC1. The van der Waals surface area contributed by atoms with Gasteiger partial charge in [-0.2, -0.15) is 0 Å². The van der Waals surface area contributed by atoms with Crippen LogP contribution >= 0.6 is 0 Å². The summed E-state index contributed by atoms with van der Waals surface area (Å²) in [5.74, 6) is -0.120. The van der Waals surface area contributed by atoms with E-state index in [4.69, 9.17) is 4.42 Å². The quantitative estimate of drug-likeness (QED) is 0.571. The molecule has 1 aromatic carbocycles. The number of halogens is 1. The minimum absolute atomic E-state index is 0.0218. The van der Waals surface area contributed by atoms with Crippen LogP contribution < -0.4 is 0 Å². The summed E-state index contributed by atoms with van der Waals surface area (Å²) in [6.45, 7) is 0.707. The highest BCUT2D eigenvalue weighted by molar-refractivity contribution is 5.97. The zero-order valence-corrected chi connectivity index (χ0v) is 16.8. The molecule has 30 heavy (non-hydrogen) atoms. The van der Waals surface area contributed by atoms with E-state index in [1.807, 2.05) is 36.0 Å². The van der Waals surface area contributed by atoms with E-state index in [0.717, 1.165) is 18.5 Å². The van der Waals surface area contributed by atoms with Crippen molar-refractivity contribution in [1.82, 2.24) is 14.4 Å². The van der Waals surface area contributed by atoms with Crippen molar-refractivity contribution in [3.8, 4) is 0 Å². The van der Waals surface area contributed by atoms with Crippen LogP contribution in [0.1, 0.15) is 34.7 Å². The maximum absolute atomic E-state index is 13.3. The summed E-state index contributed by atoms with van der Waals surface area (Å²) in [5, 5.41) is 0. The summed E-state index contributed by atoms with van der Waals surface area (Å²) in [6.07, 6.45) is 5.25. The second kappa shape index (κ2) is 8.57. The molecule has 1 fully saturated rings. The molecule has 0 spiro atoms. The molecule has 6 nitrogen and oxygen atoms in total. The lowest BCUT2D eigenvalue weighted by molar-refractivity contribution is -0.133. The number of aryl methyl sites for hydroxylation is 1. The summed E-state index contributed by atoms with van der Waals surface area (Å²) < 4.78 is 20.6. The molecular formula is C23H24FN3O3. The molecule has 0 atom stereocenters. The minimum atomic E-state index is -0.396. The lowest BCUT2D eigenvalue weighted by Crippen LogP contribution is -2.43. The Hall–Kier alpha value is -3.35. The molecule has 0 N–H and O–H groups in total. The number of hydrogen-bond acceptors (Lipinski definition) is 3. The number of benzene rings is 1. The van der Waals surface area contributed by atoms with Crippen molar-refractivity contribution in [1.29, 1.82) is 0 Å². The highest BCUT2D eigenvalue weighted by Gasteiger charge is 2.35. The highest BCUT2D eigenvalue weighted by atomic mass is 19.1. The van der Waals surface area contributed by atoms with Gasteiger partial charge in [-0.3, -0.25) is 9.59 Å². The summed E-state index contributed by atoms with van der Waals surface area (Å²) in [7, 11) is 1.93. The molecular weight excluding hydrogens is 385 g/mol. The highest BCUT2D eigenvalue weighted by Crippen LogP contribution is 2.28. The van der Waals surface area contributed by atoms with E-state index in [0.29, 0.717) is 24.4 Å². The van der Waals surface area contributed by atoms with Gasteiger partial charge in [0.05, 0.1) is 19.4 Å². The third-order valence-electron chi connectivity index (χ3n) is 5.33. The largest absolute Gasteiger partial charge is 0.467 e. The molecule has 7 heteroatoms. The molecule has 156 valence electrons. The van der Waals surface area contributed by atoms with Crippen molar-refractivity contribution in [2.24, 2.45) is 7.05 Å². The third-order valence-corrected chi connectivity index (χ3v) is 5.33. The zero-order valence-electron chi connectivity index (χ0n) is 16.8. The van der Waals surface area contributed by atoms with Crippen LogP contribution in [-0.2, 0) is 24.9 Å². The Kier molecular flexibility index (Phi) is 5.70. The second-order valence-electron chi connectivity index (χ2n) is 7.61. The summed E-state index contributed by atoms with van der Waals surface area (Å²) in [6, 6.07) is 13.0. The average Bonchev–Trinajstić information content (AvgIpc) is 3.30. The van der Waals surface area contributed by atoms with E-state index < -0.39 is 5.82 Å². The smallest absolute Gasteiger partial charge is 0.254 e. The van der Waals surface area contributed by atoms with Gasteiger partial charge in [0.15, 0.2) is 0 Å². The molecule has 1 saturated carbocycles. The van der Waals surface area contributed by atoms with Gasteiger partial charge in [-0.1, -0.05) is 0 Å². The van der Waals surface area contributed by atoms with Crippen LogP contribution in [0, 0.1) is 5.82 Å². The number of amides is 2. The predicted octanol–water partition coefficient (Wildman–Crippen LogP) is 3.59. The fraction of sp³-hybridized carbons (Fsp3) is 0.304.